The predicted octanol–water partition coefficient (Wildman–Crippen LogP) is 1.90. The fourth-order valence-corrected chi connectivity index (χ4v) is 6.77. The van der Waals surface area contributed by atoms with Crippen molar-refractivity contribution in [2.24, 2.45) is 0 Å². The summed E-state index contributed by atoms with van der Waals surface area (Å²) in [5, 5.41) is 0. The van der Waals surface area contributed by atoms with Crippen molar-refractivity contribution >= 4 is 20.1 Å². The molecule has 0 radical (unpaired) electrons. The molecule has 1 atom stereocenters. The van der Waals surface area contributed by atoms with Gasteiger partial charge in [-0.1, -0.05) is 20.8 Å². The van der Waals surface area contributed by atoms with Crippen LogP contribution in [0.4, 0.5) is 8.78 Å². The Labute approximate surface area is 148 Å². The number of ether oxygens (including phenoxy) is 1. The number of rotatable bonds is 8. The van der Waals surface area contributed by atoms with Crippen LogP contribution in [0.25, 0.3) is 0 Å². The van der Waals surface area contributed by atoms with Gasteiger partial charge in [0.25, 0.3) is 16.0 Å². The molecule has 25 heavy (non-hydrogen) atoms. The minimum atomic E-state index is -5.23. The van der Waals surface area contributed by atoms with Gasteiger partial charge in [-0.2, -0.15) is 12.7 Å². The minimum Gasteiger partial charge on any atom is -0.379 e. The molecular formula is C14H27F2NO6S2. The lowest BCUT2D eigenvalue weighted by Crippen LogP contribution is -2.68. The van der Waals surface area contributed by atoms with E-state index in [0.29, 0.717) is 0 Å². The van der Waals surface area contributed by atoms with Crippen molar-refractivity contribution in [1.82, 2.24) is 4.31 Å². The number of morpholine rings is 1. The Bertz CT molecular complexity index is 669. The van der Waals surface area contributed by atoms with E-state index in [2.05, 4.69) is 0 Å². The van der Waals surface area contributed by atoms with Crippen LogP contribution in [0, 0.1) is 0 Å². The highest BCUT2D eigenvalue weighted by molar-refractivity contribution is 7.91. The fourth-order valence-electron chi connectivity index (χ4n) is 3.34. The van der Waals surface area contributed by atoms with Crippen molar-refractivity contribution in [2.75, 3.05) is 26.3 Å². The average molecular weight is 408 g/mol. The van der Waals surface area contributed by atoms with Crippen molar-refractivity contribution in [3.63, 3.8) is 0 Å². The Balaban J connectivity index is 3.62. The van der Waals surface area contributed by atoms with Gasteiger partial charge in [-0.3, -0.25) is 4.55 Å². The second-order valence-electron chi connectivity index (χ2n) is 6.35. The van der Waals surface area contributed by atoms with Crippen LogP contribution in [0.5, 0.6) is 0 Å². The van der Waals surface area contributed by atoms with Crippen LogP contribution in [-0.4, -0.2) is 67.4 Å². The molecule has 11 heteroatoms. The highest BCUT2D eigenvalue weighted by Gasteiger charge is 2.72. The molecule has 1 unspecified atom stereocenters. The molecule has 1 aliphatic heterocycles. The van der Waals surface area contributed by atoms with Crippen molar-refractivity contribution < 1.29 is 34.9 Å². The third-order valence-electron chi connectivity index (χ3n) is 5.43. The second-order valence-corrected chi connectivity index (χ2v) is 10.5. The number of hydrogen-bond donors (Lipinski definition) is 1. The Morgan fingerprint density at radius 2 is 1.44 bits per heavy atom. The van der Waals surface area contributed by atoms with E-state index >= 15 is 8.78 Å². The molecule has 1 saturated heterocycles. The molecule has 1 fully saturated rings. The van der Waals surface area contributed by atoms with Crippen LogP contribution in [0.2, 0.25) is 0 Å². The molecule has 1 aliphatic rings. The first-order valence-electron chi connectivity index (χ1n) is 8.21. The van der Waals surface area contributed by atoms with E-state index in [9.17, 15) is 21.4 Å². The highest BCUT2D eigenvalue weighted by Crippen LogP contribution is 2.52. The van der Waals surface area contributed by atoms with Crippen LogP contribution >= 0.6 is 0 Å². The fraction of sp³-hybridized carbons (Fsp3) is 1.00. The maximum Gasteiger partial charge on any atom is 0.290 e. The largest absolute Gasteiger partial charge is 0.379 e. The standard InChI is InChI=1S/C14H27F2NO6S2/c1-5-12(4,24(18,19)17-8-10-23-11-9-17)14(15,16)13(6-2,7-3)25(20,21)22/h5-11H2,1-4H3,(H,20,21,22). The van der Waals surface area contributed by atoms with Crippen molar-refractivity contribution in [3.05, 3.63) is 0 Å². The first-order valence-corrected chi connectivity index (χ1v) is 11.1. The molecule has 7 nitrogen and oxygen atoms in total. The summed E-state index contributed by atoms with van der Waals surface area (Å²) in [6.45, 7) is 4.52. The summed E-state index contributed by atoms with van der Waals surface area (Å²) >= 11 is 0. The topological polar surface area (TPSA) is 101 Å². The molecule has 0 aromatic carbocycles. The van der Waals surface area contributed by atoms with Gasteiger partial charge in [-0.25, -0.2) is 17.2 Å². The number of halogens is 2. The molecule has 0 saturated carbocycles. The first-order chi connectivity index (χ1) is 11.3. The van der Waals surface area contributed by atoms with Crippen LogP contribution in [0.3, 0.4) is 0 Å². The lowest BCUT2D eigenvalue weighted by Gasteiger charge is -2.47. The molecule has 0 amide bonds. The van der Waals surface area contributed by atoms with E-state index in [1.54, 1.807) is 0 Å². The quantitative estimate of drug-likeness (QED) is 0.617. The molecule has 1 N–H and O–H groups in total. The average Bonchev–Trinajstić information content (AvgIpc) is 2.54. The molecule has 0 aromatic heterocycles. The molecule has 0 aliphatic carbocycles. The SMILES string of the molecule is CCC(CC)(C(F)(F)C(C)(CC)S(=O)(=O)N1CCOCC1)S(=O)(=O)O. The lowest BCUT2D eigenvalue weighted by atomic mass is 9.84. The van der Waals surface area contributed by atoms with Gasteiger partial charge in [0.1, 0.15) is 4.75 Å². The van der Waals surface area contributed by atoms with E-state index in [0.717, 1.165) is 11.2 Å². The van der Waals surface area contributed by atoms with E-state index in [1.807, 2.05) is 0 Å². The maximum absolute atomic E-state index is 15.6. The van der Waals surface area contributed by atoms with Gasteiger partial charge in [0, 0.05) is 13.1 Å². The van der Waals surface area contributed by atoms with Crippen molar-refractivity contribution in [2.45, 2.75) is 62.4 Å². The Kier molecular flexibility index (Phi) is 6.66. The zero-order valence-corrected chi connectivity index (χ0v) is 16.6. The van der Waals surface area contributed by atoms with Crippen LogP contribution in [0.15, 0.2) is 0 Å². The molecule has 0 aromatic rings. The Morgan fingerprint density at radius 1 is 1.00 bits per heavy atom. The number of sulfonamides is 1. The van der Waals surface area contributed by atoms with Crippen LogP contribution < -0.4 is 0 Å². The Hall–Kier alpha value is -0.360. The smallest absolute Gasteiger partial charge is 0.290 e. The van der Waals surface area contributed by atoms with Crippen molar-refractivity contribution in [3.8, 4) is 0 Å². The van der Waals surface area contributed by atoms with Gasteiger partial charge in [0.15, 0.2) is 4.75 Å². The summed E-state index contributed by atoms with van der Waals surface area (Å²) < 4.78 is 90.8. The molecule has 1 heterocycles. The number of nitrogens with zero attached hydrogens (tertiary/aromatic N) is 1. The molecular weight excluding hydrogens is 380 g/mol. The second kappa shape index (κ2) is 7.34. The van der Waals surface area contributed by atoms with Gasteiger partial charge in [-0.05, 0) is 26.2 Å². The molecule has 150 valence electrons. The zero-order valence-electron chi connectivity index (χ0n) is 15.0. The molecule has 0 spiro atoms. The lowest BCUT2D eigenvalue weighted by molar-refractivity contribution is -0.0846. The molecule has 0 bridgehead atoms. The number of hydrogen-bond acceptors (Lipinski definition) is 5. The summed E-state index contributed by atoms with van der Waals surface area (Å²) in [6, 6.07) is 0. The first kappa shape index (κ1) is 22.7. The highest BCUT2D eigenvalue weighted by atomic mass is 32.2. The van der Waals surface area contributed by atoms with Gasteiger partial charge in [-0.15, -0.1) is 0 Å². The zero-order chi connectivity index (χ0) is 19.7. The maximum atomic E-state index is 15.6. The van der Waals surface area contributed by atoms with E-state index in [1.165, 1.54) is 20.8 Å². The van der Waals surface area contributed by atoms with Gasteiger partial charge < -0.3 is 4.74 Å². The van der Waals surface area contributed by atoms with Gasteiger partial charge in [0.2, 0.25) is 10.0 Å². The predicted molar refractivity (Wildman–Crippen MR) is 89.8 cm³/mol. The van der Waals surface area contributed by atoms with Crippen LogP contribution in [0.1, 0.15) is 47.0 Å². The minimum absolute atomic E-state index is 0.0782. The summed E-state index contributed by atoms with van der Waals surface area (Å²) in [4.78, 5) is 0. The molecule has 1 rings (SSSR count). The Morgan fingerprint density at radius 3 is 1.76 bits per heavy atom. The normalized spacial score (nSPS) is 21.1. The summed E-state index contributed by atoms with van der Waals surface area (Å²) in [6.07, 6.45) is -1.76. The summed E-state index contributed by atoms with van der Waals surface area (Å²) in [5.41, 5.74) is 0. The third kappa shape index (κ3) is 3.22. The van der Waals surface area contributed by atoms with E-state index in [4.69, 9.17) is 4.74 Å². The van der Waals surface area contributed by atoms with Crippen molar-refractivity contribution in [1.29, 1.82) is 0 Å². The third-order valence-corrected chi connectivity index (χ3v) is 9.98. The van der Waals surface area contributed by atoms with E-state index < -0.39 is 54.8 Å². The monoisotopic (exact) mass is 407 g/mol. The van der Waals surface area contributed by atoms with Crippen LogP contribution in [-0.2, 0) is 24.9 Å². The van der Waals surface area contributed by atoms with Gasteiger partial charge in [0.05, 0.1) is 13.2 Å². The number of alkyl halides is 2. The summed E-state index contributed by atoms with van der Waals surface area (Å²) in [5.74, 6) is -4.22. The van der Waals surface area contributed by atoms with E-state index in [-0.39, 0.29) is 26.3 Å². The summed E-state index contributed by atoms with van der Waals surface area (Å²) in [7, 11) is -9.79. The van der Waals surface area contributed by atoms with Gasteiger partial charge >= 0.3 is 0 Å².